The van der Waals surface area contributed by atoms with Gasteiger partial charge in [-0.3, -0.25) is 0 Å². The van der Waals surface area contributed by atoms with Crippen LogP contribution in [0.4, 0.5) is 5.69 Å². The Morgan fingerprint density at radius 3 is 2.47 bits per heavy atom. The van der Waals surface area contributed by atoms with Crippen molar-refractivity contribution >= 4 is 28.9 Å². The van der Waals surface area contributed by atoms with Crippen molar-refractivity contribution in [3.8, 4) is 0 Å². The van der Waals surface area contributed by atoms with E-state index in [0.29, 0.717) is 5.88 Å². The normalized spacial score (nSPS) is 10.4. The molecule has 0 saturated heterocycles. The van der Waals surface area contributed by atoms with Crippen LogP contribution in [0.25, 0.3) is 0 Å². The zero-order valence-corrected chi connectivity index (χ0v) is 12.2. The van der Waals surface area contributed by atoms with Gasteiger partial charge in [0.05, 0.1) is 0 Å². The van der Waals surface area contributed by atoms with E-state index in [2.05, 4.69) is 29.6 Å². The molecule has 2 aromatic rings. The second kappa shape index (κ2) is 7.42. The number of alkyl halides is 1. The third-order valence-corrected chi connectivity index (χ3v) is 3.46. The fourth-order valence-electron chi connectivity index (χ4n) is 1.91. The average Bonchev–Trinajstić information content (AvgIpc) is 2.45. The van der Waals surface area contributed by atoms with Crippen LogP contribution in [0.5, 0.6) is 0 Å². The van der Waals surface area contributed by atoms with Crippen molar-refractivity contribution in [3.63, 3.8) is 0 Å². The molecule has 2 rings (SSSR count). The van der Waals surface area contributed by atoms with Crippen molar-refractivity contribution in [1.82, 2.24) is 0 Å². The van der Waals surface area contributed by atoms with Crippen LogP contribution in [0, 0.1) is 0 Å². The van der Waals surface area contributed by atoms with Gasteiger partial charge in [-0.05, 0) is 48.2 Å². The topological polar surface area (TPSA) is 12.0 Å². The highest BCUT2D eigenvalue weighted by atomic mass is 35.5. The molecule has 3 heteroatoms. The Balaban J connectivity index is 1.93. The van der Waals surface area contributed by atoms with E-state index >= 15 is 0 Å². The molecular formula is C16H17Cl2N. The molecule has 0 aliphatic carbocycles. The van der Waals surface area contributed by atoms with E-state index in [1.54, 1.807) is 0 Å². The third-order valence-electron chi connectivity index (χ3n) is 2.94. The summed E-state index contributed by atoms with van der Waals surface area (Å²) in [6.45, 7) is 0.802. The van der Waals surface area contributed by atoms with Crippen molar-refractivity contribution in [2.24, 2.45) is 0 Å². The van der Waals surface area contributed by atoms with Crippen LogP contribution in [0.3, 0.4) is 0 Å². The smallest absolute Gasteiger partial charge is 0.0406 e. The first kappa shape index (κ1) is 14.2. The Labute approximate surface area is 124 Å². The number of aryl methyl sites for hydroxylation is 1. The lowest BCUT2D eigenvalue weighted by atomic mass is 10.1. The standard InChI is InChI=1S/C16H17Cl2N/c17-10-2-4-13-3-1-5-16(11-13)19-12-14-6-8-15(18)9-7-14/h1,3,5-9,11,19H,2,4,10,12H2. The van der Waals surface area contributed by atoms with E-state index in [1.807, 2.05) is 24.3 Å². The van der Waals surface area contributed by atoms with Gasteiger partial charge in [0, 0.05) is 23.1 Å². The summed E-state index contributed by atoms with van der Waals surface area (Å²) in [5.74, 6) is 0.711. The lowest BCUT2D eigenvalue weighted by Gasteiger charge is -2.08. The molecule has 2 aromatic carbocycles. The van der Waals surface area contributed by atoms with Crippen LogP contribution in [-0.2, 0) is 13.0 Å². The minimum Gasteiger partial charge on any atom is -0.381 e. The molecule has 0 spiro atoms. The molecule has 1 N–H and O–H groups in total. The monoisotopic (exact) mass is 293 g/mol. The van der Waals surface area contributed by atoms with Gasteiger partial charge in [0.25, 0.3) is 0 Å². The second-order valence-electron chi connectivity index (χ2n) is 4.47. The number of hydrogen-bond acceptors (Lipinski definition) is 1. The van der Waals surface area contributed by atoms with Crippen molar-refractivity contribution in [2.45, 2.75) is 19.4 Å². The molecule has 100 valence electrons. The van der Waals surface area contributed by atoms with Crippen LogP contribution in [0.1, 0.15) is 17.5 Å². The molecular weight excluding hydrogens is 277 g/mol. The highest BCUT2D eigenvalue weighted by Gasteiger charge is 1.97. The Kier molecular flexibility index (Phi) is 5.56. The number of nitrogens with one attached hydrogen (secondary N) is 1. The predicted octanol–water partition coefficient (Wildman–Crippen LogP) is 5.12. The maximum absolute atomic E-state index is 5.87. The molecule has 0 saturated carbocycles. The van der Waals surface area contributed by atoms with E-state index in [4.69, 9.17) is 23.2 Å². The zero-order valence-electron chi connectivity index (χ0n) is 10.7. The molecule has 0 heterocycles. The Morgan fingerprint density at radius 2 is 1.74 bits per heavy atom. The third kappa shape index (κ3) is 4.77. The van der Waals surface area contributed by atoms with E-state index in [9.17, 15) is 0 Å². The molecule has 0 bridgehead atoms. The summed E-state index contributed by atoms with van der Waals surface area (Å²) in [5.41, 5.74) is 3.68. The van der Waals surface area contributed by atoms with Gasteiger partial charge in [0.15, 0.2) is 0 Å². The number of anilines is 1. The van der Waals surface area contributed by atoms with Gasteiger partial charge < -0.3 is 5.32 Å². The highest BCUT2D eigenvalue weighted by Crippen LogP contribution is 2.15. The summed E-state index contributed by atoms with van der Waals surface area (Å²) in [6, 6.07) is 16.4. The van der Waals surface area contributed by atoms with Crippen molar-refractivity contribution in [2.75, 3.05) is 11.2 Å². The maximum Gasteiger partial charge on any atom is 0.0406 e. The largest absolute Gasteiger partial charge is 0.381 e. The summed E-state index contributed by atoms with van der Waals surface area (Å²) in [4.78, 5) is 0. The fourth-order valence-corrected chi connectivity index (χ4v) is 2.17. The summed E-state index contributed by atoms with van der Waals surface area (Å²) in [7, 11) is 0. The first-order chi connectivity index (χ1) is 9.28. The van der Waals surface area contributed by atoms with E-state index in [0.717, 1.165) is 30.1 Å². The van der Waals surface area contributed by atoms with Crippen LogP contribution in [0.15, 0.2) is 48.5 Å². The van der Waals surface area contributed by atoms with Crippen molar-refractivity contribution in [3.05, 3.63) is 64.7 Å². The van der Waals surface area contributed by atoms with Crippen LogP contribution >= 0.6 is 23.2 Å². The van der Waals surface area contributed by atoms with E-state index in [-0.39, 0.29) is 0 Å². The SMILES string of the molecule is ClCCCc1cccc(NCc2ccc(Cl)cc2)c1. The fraction of sp³-hybridized carbons (Fsp3) is 0.250. The summed E-state index contributed by atoms with van der Waals surface area (Å²) in [5, 5.41) is 4.19. The molecule has 0 radical (unpaired) electrons. The van der Waals surface area contributed by atoms with Gasteiger partial charge in [0.1, 0.15) is 0 Å². The summed E-state index contributed by atoms with van der Waals surface area (Å²) < 4.78 is 0. The van der Waals surface area contributed by atoms with Crippen molar-refractivity contribution < 1.29 is 0 Å². The minimum atomic E-state index is 0.711. The van der Waals surface area contributed by atoms with E-state index in [1.165, 1.54) is 11.1 Å². The lowest BCUT2D eigenvalue weighted by molar-refractivity contribution is 0.928. The number of rotatable bonds is 6. The molecule has 19 heavy (non-hydrogen) atoms. The molecule has 0 fully saturated rings. The Bertz CT molecular complexity index is 508. The highest BCUT2D eigenvalue weighted by molar-refractivity contribution is 6.30. The van der Waals surface area contributed by atoms with Crippen molar-refractivity contribution in [1.29, 1.82) is 0 Å². The molecule has 0 aliphatic rings. The Hall–Kier alpha value is -1.18. The molecule has 0 amide bonds. The molecule has 0 atom stereocenters. The number of hydrogen-bond donors (Lipinski definition) is 1. The zero-order chi connectivity index (χ0) is 13.5. The molecule has 0 unspecified atom stereocenters. The van der Waals surface area contributed by atoms with Gasteiger partial charge >= 0.3 is 0 Å². The number of benzene rings is 2. The number of halogens is 2. The Morgan fingerprint density at radius 1 is 0.947 bits per heavy atom. The van der Waals surface area contributed by atoms with Gasteiger partial charge in [0.2, 0.25) is 0 Å². The first-order valence-corrected chi connectivity index (χ1v) is 7.32. The van der Waals surface area contributed by atoms with Crippen LogP contribution < -0.4 is 5.32 Å². The van der Waals surface area contributed by atoms with Gasteiger partial charge in [-0.1, -0.05) is 35.9 Å². The molecule has 0 aliphatic heterocycles. The van der Waals surface area contributed by atoms with Gasteiger partial charge in [-0.25, -0.2) is 0 Å². The lowest BCUT2D eigenvalue weighted by Crippen LogP contribution is -1.99. The molecule has 1 nitrogen and oxygen atoms in total. The van der Waals surface area contributed by atoms with Gasteiger partial charge in [-0.2, -0.15) is 0 Å². The quantitative estimate of drug-likeness (QED) is 0.729. The predicted molar refractivity (Wildman–Crippen MR) is 84.3 cm³/mol. The maximum atomic E-state index is 5.87. The summed E-state index contributed by atoms with van der Waals surface area (Å²) >= 11 is 11.6. The minimum absolute atomic E-state index is 0.711. The van der Waals surface area contributed by atoms with Crippen LogP contribution in [0.2, 0.25) is 5.02 Å². The van der Waals surface area contributed by atoms with Gasteiger partial charge in [-0.15, -0.1) is 11.6 Å². The van der Waals surface area contributed by atoms with E-state index < -0.39 is 0 Å². The average molecular weight is 294 g/mol. The second-order valence-corrected chi connectivity index (χ2v) is 5.29. The molecule has 0 aromatic heterocycles. The first-order valence-electron chi connectivity index (χ1n) is 6.41. The van der Waals surface area contributed by atoms with Crippen LogP contribution in [-0.4, -0.2) is 5.88 Å². The summed E-state index contributed by atoms with van der Waals surface area (Å²) in [6.07, 6.45) is 2.04.